The molecule has 0 bridgehead atoms. The highest BCUT2D eigenvalue weighted by Crippen LogP contribution is 2.50. The van der Waals surface area contributed by atoms with Crippen LogP contribution in [0.5, 0.6) is 5.75 Å². The molecule has 220 valence electrons. The number of nitrogens with zero attached hydrogens (tertiary/aromatic N) is 1. The Morgan fingerprint density at radius 3 is 2.08 bits per heavy atom. The molecule has 3 atom stereocenters. The van der Waals surface area contributed by atoms with E-state index in [1.807, 2.05) is 24.3 Å². The molecule has 0 aliphatic heterocycles. The van der Waals surface area contributed by atoms with Crippen LogP contribution in [0, 0.1) is 0 Å². The number of unbranched alkanes of at least 4 members (excludes halogenated alkanes) is 10. The predicted molar refractivity (Wildman–Crippen MR) is 152 cm³/mol. The van der Waals surface area contributed by atoms with Gasteiger partial charge in [0, 0.05) is 13.3 Å². The van der Waals surface area contributed by atoms with Gasteiger partial charge in [0.1, 0.15) is 18.5 Å². The molecule has 1 aromatic rings. The summed E-state index contributed by atoms with van der Waals surface area (Å²) in [5, 5.41) is 9.63. The van der Waals surface area contributed by atoms with Crippen LogP contribution in [-0.2, 0) is 25.0 Å². The van der Waals surface area contributed by atoms with Crippen molar-refractivity contribution in [3.63, 3.8) is 0 Å². The van der Waals surface area contributed by atoms with Crippen molar-refractivity contribution in [2.75, 3.05) is 41.0 Å². The van der Waals surface area contributed by atoms with Crippen molar-refractivity contribution in [1.29, 1.82) is 0 Å². The summed E-state index contributed by atoms with van der Waals surface area (Å²) in [6, 6.07) is 7.57. The standard InChI is InChI=1S/C29H52NO7P/c1-6-7-8-9-10-11-12-13-14-15-16-20-35-27-19-17-18-26(21-27)22-28(37-25(2)32)24-36-38(33,34)29(23-31)30(3,4)5/h17-19,21,28-29,31H,6-16,20,22-24H2,1-5H3/p+1. The van der Waals surface area contributed by atoms with Gasteiger partial charge in [0.15, 0.2) is 0 Å². The fourth-order valence-electron chi connectivity index (χ4n) is 4.41. The van der Waals surface area contributed by atoms with Crippen molar-refractivity contribution in [2.24, 2.45) is 0 Å². The highest BCUT2D eigenvalue weighted by molar-refractivity contribution is 7.53. The van der Waals surface area contributed by atoms with E-state index in [1.54, 1.807) is 21.1 Å². The minimum atomic E-state index is -4.17. The highest BCUT2D eigenvalue weighted by Gasteiger charge is 2.43. The molecule has 0 fully saturated rings. The topological polar surface area (TPSA) is 102 Å². The van der Waals surface area contributed by atoms with Crippen LogP contribution in [0.1, 0.15) is 90.0 Å². The van der Waals surface area contributed by atoms with Crippen LogP contribution < -0.4 is 4.74 Å². The Bertz CT molecular complexity index is 827. The maximum absolute atomic E-state index is 12.8. The highest BCUT2D eigenvalue weighted by atomic mass is 31.2. The molecule has 0 saturated heterocycles. The molecule has 0 amide bonds. The Kier molecular flexibility index (Phi) is 17.1. The maximum atomic E-state index is 12.8. The first kappa shape index (κ1) is 34.6. The first-order valence-corrected chi connectivity index (χ1v) is 15.9. The zero-order valence-corrected chi connectivity index (χ0v) is 25.3. The molecule has 3 unspecified atom stereocenters. The normalized spacial score (nSPS) is 15.0. The third-order valence-electron chi connectivity index (χ3n) is 6.59. The van der Waals surface area contributed by atoms with Crippen molar-refractivity contribution in [1.82, 2.24) is 0 Å². The maximum Gasteiger partial charge on any atom is 0.387 e. The Morgan fingerprint density at radius 1 is 0.974 bits per heavy atom. The number of hydrogen-bond acceptors (Lipinski definition) is 6. The molecule has 0 saturated carbocycles. The number of aliphatic hydroxyl groups excluding tert-OH is 1. The lowest BCUT2D eigenvalue weighted by atomic mass is 10.1. The van der Waals surface area contributed by atoms with Crippen LogP contribution in [-0.4, -0.2) is 73.3 Å². The quantitative estimate of drug-likeness (QED) is 0.0770. The lowest BCUT2D eigenvalue weighted by molar-refractivity contribution is -0.883. The van der Waals surface area contributed by atoms with E-state index in [-0.39, 0.29) is 11.1 Å². The number of hydrogen-bond donors (Lipinski definition) is 2. The van der Waals surface area contributed by atoms with Gasteiger partial charge in [-0.2, -0.15) is 0 Å². The predicted octanol–water partition coefficient (Wildman–Crippen LogP) is 6.08. The van der Waals surface area contributed by atoms with Gasteiger partial charge in [-0.15, -0.1) is 0 Å². The number of carbonyl (C=O) groups is 1. The number of carbonyl (C=O) groups excluding carboxylic acids is 1. The van der Waals surface area contributed by atoms with Crippen LogP contribution in [0.15, 0.2) is 24.3 Å². The molecule has 8 nitrogen and oxygen atoms in total. The molecule has 0 spiro atoms. The van der Waals surface area contributed by atoms with Crippen LogP contribution in [0.25, 0.3) is 0 Å². The van der Waals surface area contributed by atoms with Crippen LogP contribution in [0.3, 0.4) is 0 Å². The van der Waals surface area contributed by atoms with E-state index in [0.717, 1.165) is 24.2 Å². The van der Waals surface area contributed by atoms with Gasteiger partial charge in [0.05, 0.1) is 34.4 Å². The largest absolute Gasteiger partial charge is 0.494 e. The van der Waals surface area contributed by atoms with E-state index >= 15 is 0 Å². The van der Waals surface area contributed by atoms with Crippen LogP contribution in [0.2, 0.25) is 0 Å². The van der Waals surface area contributed by atoms with E-state index < -0.39 is 32.1 Å². The second-order valence-corrected chi connectivity index (χ2v) is 13.1. The van der Waals surface area contributed by atoms with E-state index in [9.17, 15) is 19.4 Å². The number of ether oxygens (including phenoxy) is 2. The number of benzene rings is 1. The van der Waals surface area contributed by atoms with Gasteiger partial charge in [-0.3, -0.25) is 9.36 Å². The minimum Gasteiger partial charge on any atom is -0.494 e. The summed E-state index contributed by atoms with van der Waals surface area (Å²) in [4.78, 5) is 22.1. The van der Waals surface area contributed by atoms with Gasteiger partial charge in [0.25, 0.3) is 0 Å². The molecule has 2 N–H and O–H groups in total. The molecular weight excluding hydrogens is 505 g/mol. The zero-order valence-electron chi connectivity index (χ0n) is 24.4. The molecule has 9 heteroatoms. The monoisotopic (exact) mass is 558 g/mol. The third-order valence-corrected chi connectivity index (χ3v) is 8.72. The van der Waals surface area contributed by atoms with E-state index in [4.69, 9.17) is 14.0 Å². The molecule has 1 rings (SSSR count). The zero-order chi connectivity index (χ0) is 28.4. The van der Waals surface area contributed by atoms with E-state index in [2.05, 4.69) is 6.92 Å². The summed E-state index contributed by atoms with van der Waals surface area (Å²) in [5.74, 6) is -0.761. The average molecular weight is 559 g/mol. The first-order chi connectivity index (χ1) is 18.0. The van der Waals surface area contributed by atoms with E-state index in [0.29, 0.717) is 13.0 Å². The molecule has 0 radical (unpaired) electrons. The fraction of sp³-hybridized carbons (Fsp3) is 0.759. The number of likely N-dealkylation sites (N-methyl/N-ethyl adjacent to an activating group) is 1. The molecule has 0 aliphatic carbocycles. The molecule has 0 heterocycles. The van der Waals surface area contributed by atoms with Crippen LogP contribution in [0.4, 0.5) is 0 Å². The summed E-state index contributed by atoms with van der Waals surface area (Å²) in [5.41, 5.74) is 0.870. The second-order valence-electron chi connectivity index (χ2n) is 11.1. The lowest BCUT2D eigenvalue weighted by Crippen LogP contribution is -2.47. The Balaban J connectivity index is 2.47. The Morgan fingerprint density at radius 2 is 1.55 bits per heavy atom. The summed E-state index contributed by atoms with van der Waals surface area (Å²) < 4.78 is 29.5. The van der Waals surface area contributed by atoms with Crippen molar-refractivity contribution in [2.45, 2.75) is 103 Å². The number of aliphatic hydroxyl groups is 1. The molecule has 1 aromatic carbocycles. The minimum absolute atomic E-state index is 0.0566. The lowest BCUT2D eigenvalue weighted by Gasteiger charge is -2.34. The van der Waals surface area contributed by atoms with Gasteiger partial charge in [0.2, 0.25) is 5.78 Å². The van der Waals surface area contributed by atoms with Gasteiger partial charge in [-0.25, -0.2) is 0 Å². The summed E-state index contributed by atoms with van der Waals surface area (Å²) in [6.07, 6.45) is 13.7. The van der Waals surface area contributed by atoms with E-state index in [1.165, 1.54) is 64.7 Å². The Labute approximate surface area is 230 Å². The van der Waals surface area contributed by atoms with Crippen LogP contribution >= 0.6 is 7.60 Å². The van der Waals surface area contributed by atoms with Gasteiger partial charge in [-0.05, 0) is 24.1 Å². The van der Waals surface area contributed by atoms with Gasteiger partial charge >= 0.3 is 13.6 Å². The molecular formula is C29H53NO7P+. The Hall–Kier alpha value is -1.44. The fourth-order valence-corrected chi connectivity index (χ4v) is 6.05. The molecule has 0 aromatic heterocycles. The SMILES string of the molecule is CCCCCCCCCCCCCOc1cccc(CC(COP(=O)(O)C(CO)[N+](C)(C)C)OC(C)=O)c1. The first-order valence-electron chi connectivity index (χ1n) is 14.3. The summed E-state index contributed by atoms with van der Waals surface area (Å²) in [6.45, 7) is 3.43. The number of quaternary nitrogens is 1. The smallest absolute Gasteiger partial charge is 0.387 e. The van der Waals surface area contributed by atoms with Crippen molar-refractivity contribution in [3.05, 3.63) is 29.8 Å². The van der Waals surface area contributed by atoms with Crippen molar-refractivity contribution in [3.8, 4) is 5.75 Å². The van der Waals surface area contributed by atoms with Crippen molar-refractivity contribution < 1.29 is 37.8 Å². The summed E-state index contributed by atoms with van der Waals surface area (Å²) >= 11 is 0. The second kappa shape index (κ2) is 18.8. The van der Waals surface area contributed by atoms with Gasteiger partial charge < -0.3 is 28.5 Å². The molecule has 0 aliphatic rings. The summed E-state index contributed by atoms with van der Waals surface area (Å²) in [7, 11) is 0.954. The van der Waals surface area contributed by atoms with Gasteiger partial charge in [-0.1, -0.05) is 83.3 Å². The average Bonchev–Trinajstić information content (AvgIpc) is 2.82. The third kappa shape index (κ3) is 15.2. The number of rotatable bonds is 22. The molecule has 38 heavy (non-hydrogen) atoms. The number of esters is 1. The van der Waals surface area contributed by atoms with Crippen molar-refractivity contribution >= 4 is 13.6 Å².